The quantitative estimate of drug-likeness (QED) is 0.489. The fourth-order valence-corrected chi connectivity index (χ4v) is 3.49. The molecule has 0 aromatic heterocycles. The Hall–Kier alpha value is -4.26. The van der Waals surface area contributed by atoms with Gasteiger partial charge in [-0.3, -0.25) is 14.9 Å². The number of carbonyl (C=O) groups excluding carboxylic acids is 3. The van der Waals surface area contributed by atoms with Gasteiger partial charge in [-0.25, -0.2) is 14.1 Å². The summed E-state index contributed by atoms with van der Waals surface area (Å²) in [6.07, 6.45) is 2.02. The lowest BCUT2D eigenvalue weighted by atomic mass is 10.00. The Kier molecular flexibility index (Phi) is 5.81. The van der Waals surface area contributed by atoms with Crippen LogP contribution in [0.25, 0.3) is 6.08 Å². The van der Waals surface area contributed by atoms with Crippen molar-refractivity contribution in [2.24, 2.45) is 0 Å². The van der Waals surface area contributed by atoms with Crippen LogP contribution in [0.15, 0.2) is 78.4 Å². The Labute approximate surface area is 183 Å². The minimum absolute atomic E-state index is 0.159. The first-order valence-corrected chi connectivity index (χ1v) is 9.84. The number of halogens is 1. The zero-order valence-electron chi connectivity index (χ0n) is 17.2. The Morgan fingerprint density at radius 3 is 2.38 bits per heavy atom. The molecule has 1 heterocycles. The highest BCUT2D eigenvalue weighted by Crippen LogP contribution is 2.26. The maximum Gasteiger partial charge on any atom is 0.335 e. The number of amides is 4. The van der Waals surface area contributed by atoms with Crippen molar-refractivity contribution in [1.82, 2.24) is 5.32 Å². The Morgan fingerprint density at radius 1 is 0.969 bits per heavy atom. The highest BCUT2D eigenvalue weighted by molar-refractivity contribution is 6.39. The molecule has 0 saturated carbocycles. The Balaban J connectivity index is 1.69. The molecule has 1 fully saturated rings. The van der Waals surface area contributed by atoms with E-state index in [1.807, 2.05) is 36.4 Å². The molecule has 4 amide bonds. The van der Waals surface area contributed by atoms with Crippen molar-refractivity contribution in [3.8, 4) is 5.75 Å². The van der Waals surface area contributed by atoms with Gasteiger partial charge in [-0.05, 0) is 59.2 Å². The van der Waals surface area contributed by atoms with Crippen LogP contribution < -0.4 is 15.0 Å². The van der Waals surface area contributed by atoms with Gasteiger partial charge >= 0.3 is 6.03 Å². The molecule has 3 aromatic rings. The van der Waals surface area contributed by atoms with Gasteiger partial charge in [0, 0.05) is 6.42 Å². The number of hydrogen-bond donors (Lipinski definition) is 1. The van der Waals surface area contributed by atoms with E-state index in [0.29, 0.717) is 17.7 Å². The highest BCUT2D eigenvalue weighted by atomic mass is 19.1. The molecule has 0 bridgehead atoms. The van der Waals surface area contributed by atoms with Crippen molar-refractivity contribution in [3.05, 3.63) is 101 Å². The number of carbonyl (C=O) groups is 3. The summed E-state index contributed by atoms with van der Waals surface area (Å²) in [5, 5.41) is 2.16. The standard InChI is InChI=1S/C25H19FN2O4/c1-32-22-12-7-17(14-18(22)13-16-5-3-2-4-6-16)15-21-23(29)27-25(31)28(24(21)30)20-10-8-19(26)9-11-20/h2-12,14-15H,13H2,1H3,(H,27,29,31)/b21-15+. The first-order valence-electron chi connectivity index (χ1n) is 9.84. The van der Waals surface area contributed by atoms with Crippen molar-refractivity contribution in [3.63, 3.8) is 0 Å². The van der Waals surface area contributed by atoms with Crippen molar-refractivity contribution in [2.75, 3.05) is 12.0 Å². The number of barbiturate groups is 1. The van der Waals surface area contributed by atoms with Crippen LogP contribution in [0.3, 0.4) is 0 Å². The summed E-state index contributed by atoms with van der Waals surface area (Å²) in [5.41, 5.74) is 2.51. The van der Waals surface area contributed by atoms with Gasteiger partial charge in [-0.2, -0.15) is 0 Å². The van der Waals surface area contributed by atoms with Crippen LogP contribution in [0.4, 0.5) is 14.9 Å². The minimum atomic E-state index is -0.886. The molecule has 0 radical (unpaired) electrons. The number of rotatable bonds is 5. The number of urea groups is 1. The molecule has 0 aliphatic carbocycles. The SMILES string of the molecule is COc1ccc(/C=C2\C(=O)NC(=O)N(c3ccc(F)cc3)C2=O)cc1Cc1ccccc1. The van der Waals surface area contributed by atoms with Gasteiger partial charge in [0.2, 0.25) is 0 Å². The van der Waals surface area contributed by atoms with E-state index in [-0.39, 0.29) is 11.3 Å². The van der Waals surface area contributed by atoms with Crippen LogP contribution in [-0.2, 0) is 16.0 Å². The number of nitrogens with zero attached hydrogens (tertiary/aromatic N) is 1. The van der Waals surface area contributed by atoms with Gasteiger partial charge < -0.3 is 4.74 Å². The summed E-state index contributed by atoms with van der Waals surface area (Å²) in [4.78, 5) is 38.5. The molecule has 7 heteroatoms. The zero-order valence-corrected chi connectivity index (χ0v) is 17.2. The van der Waals surface area contributed by atoms with E-state index >= 15 is 0 Å². The average Bonchev–Trinajstić information content (AvgIpc) is 2.79. The van der Waals surface area contributed by atoms with Crippen molar-refractivity contribution >= 4 is 29.6 Å². The van der Waals surface area contributed by atoms with Crippen LogP contribution in [0, 0.1) is 5.82 Å². The van der Waals surface area contributed by atoms with Crippen LogP contribution in [0.5, 0.6) is 5.75 Å². The predicted octanol–water partition coefficient (Wildman–Crippen LogP) is 4.09. The molecule has 32 heavy (non-hydrogen) atoms. The summed E-state index contributed by atoms with van der Waals surface area (Å²) in [6, 6.07) is 19.1. The normalized spacial score (nSPS) is 15.1. The number of benzene rings is 3. The van der Waals surface area contributed by atoms with E-state index in [1.54, 1.807) is 19.2 Å². The lowest BCUT2D eigenvalue weighted by Crippen LogP contribution is -2.54. The molecule has 0 unspecified atom stereocenters. The number of imide groups is 2. The number of anilines is 1. The van der Waals surface area contributed by atoms with E-state index in [0.717, 1.165) is 28.2 Å². The predicted molar refractivity (Wildman–Crippen MR) is 118 cm³/mol. The smallest absolute Gasteiger partial charge is 0.335 e. The summed E-state index contributed by atoms with van der Waals surface area (Å²) in [5.74, 6) is -1.40. The van der Waals surface area contributed by atoms with Crippen molar-refractivity contribution in [2.45, 2.75) is 6.42 Å². The third-order valence-corrected chi connectivity index (χ3v) is 5.04. The van der Waals surface area contributed by atoms with Crippen molar-refractivity contribution < 1.29 is 23.5 Å². The minimum Gasteiger partial charge on any atom is -0.496 e. The number of hydrogen-bond acceptors (Lipinski definition) is 4. The molecule has 1 aliphatic heterocycles. The number of methoxy groups -OCH3 is 1. The second-order valence-electron chi connectivity index (χ2n) is 7.17. The van der Waals surface area contributed by atoms with Gasteiger partial charge in [0.15, 0.2) is 0 Å². The van der Waals surface area contributed by atoms with E-state index < -0.39 is 23.7 Å². The van der Waals surface area contributed by atoms with Crippen LogP contribution >= 0.6 is 0 Å². The first-order chi connectivity index (χ1) is 15.5. The lowest BCUT2D eigenvalue weighted by Gasteiger charge is -2.26. The summed E-state index contributed by atoms with van der Waals surface area (Å²) in [7, 11) is 1.58. The molecular formula is C25H19FN2O4. The van der Waals surface area contributed by atoms with E-state index in [1.165, 1.54) is 18.2 Å². The van der Waals surface area contributed by atoms with Gasteiger partial charge in [0.25, 0.3) is 11.8 Å². The van der Waals surface area contributed by atoms with E-state index in [4.69, 9.17) is 4.74 Å². The summed E-state index contributed by atoms with van der Waals surface area (Å²) < 4.78 is 18.7. The maximum absolute atomic E-state index is 13.3. The molecule has 160 valence electrons. The third kappa shape index (κ3) is 4.27. The van der Waals surface area contributed by atoms with E-state index in [9.17, 15) is 18.8 Å². The third-order valence-electron chi connectivity index (χ3n) is 5.04. The second kappa shape index (κ2) is 8.85. The van der Waals surface area contributed by atoms with Gasteiger partial charge in [-0.15, -0.1) is 0 Å². The summed E-state index contributed by atoms with van der Waals surface area (Å²) >= 11 is 0. The molecule has 4 rings (SSSR count). The highest BCUT2D eigenvalue weighted by Gasteiger charge is 2.36. The maximum atomic E-state index is 13.3. The Morgan fingerprint density at radius 2 is 1.69 bits per heavy atom. The van der Waals surface area contributed by atoms with Crippen LogP contribution in [-0.4, -0.2) is 25.0 Å². The lowest BCUT2D eigenvalue weighted by molar-refractivity contribution is -0.122. The van der Waals surface area contributed by atoms with Crippen LogP contribution in [0.2, 0.25) is 0 Å². The molecule has 1 aliphatic rings. The second-order valence-corrected chi connectivity index (χ2v) is 7.17. The van der Waals surface area contributed by atoms with Crippen LogP contribution in [0.1, 0.15) is 16.7 Å². The molecule has 1 N–H and O–H groups in total. The average molecular weight is 430 g/mol. The van der Waals surface area contributed by atoms with E-state index in [2.05, 4.69) is 5.32 Å². The molecule has 0 spiro atoms. The monoisotopic (exact) mass is 430 g/mol. The van der Waals surface area contributed by atoms with Gasteiger partial charge in [0.05, 0.1) is 12.8 Å². The number of nitrogens with one attached hydrogen (secondary N) is 1. The molecule has 0 atom stereocenters. The van der Waals surface area contributed by atoms with Gasteiger partial charge in [-0.1, -0.05) is 36.4 Å². The zero-order chi connectivity index (χ0) is 22.7. The fourth-order valence-electron chi connectivity index (χ4n) is 3.49. The Bertz CT molecular complexity index is 1220. The summed E-state index contributed by atoms with van der Waals surface area (Å²) in [6.45, 7) is 0. The number of ether oxygens (including phenoxy) is 1. The molecule has 1 saturated heterocycles. The largest absolute Gasteiger partial charge is 0.496 e. The van der Waals surface area contributed by atoms with Crippen molar-refractivity contribution in [1.29, 1.82) is 0 Å². The molecule has 6 nitrogen and oxygen atoms in total. The molecule has 3 aromatic carbocycles. The molecular weight excluding hydrogens is 411 g/mol. The fraction of sp³-hybridized carbons (Fsp3) is 0.0800. The topological polar surface area (TPSA) is 75.7 Å². The van der Waals surface area contributed by atoms with Gasteiger partial charge in [0.1, 0.15) is 17.1 Å². The first kappa shape index (κ1) is 21.0.